The van der Waals surface area contributed by atoms with Gasteiger partial charge in [-0.05, 0) is 74.9 Å². The van der Waals surface area contributed by atoms with Crippen molar-refractivity contribution in [2.24, 2.45) is 12.8 Å². The summed E-state index contributed by atoms with van der Waals surface area (Å²) in [7, 11) is 2.01. The summed E-state index contributed by atoms with van der Waals surface area (Å²) in [5, 5.41) is 8.15. The van der Waals surface area contributed by atoms with Crippen molar-refractivity contribution in [2.45, 2.75) is 67.7 Å². The normalized spacial score (nSPS) is 18.3. The number of fused-ring (bicyclic) bond motifs is 1. The number of piperidine rings is 2. The van der Waals surface area contributed by atoms with Gasteiger partial charge in [0.15, 0.2) is 0 Å². The molecular weight excluding hydrogens is 610 g/mol. The highest BCUT2D eigenvalue weighted by molar-refractivity contribution is 7.82. The van der Waals surface area contributed by atoms with Crippen molar-refractivity contribution in [3.05, 3.63) is 58.8 Å². The SMILES string of the molecule is CNC(=O)CCC(C=O)c1nn(C)c2cc(C3CCN(CC#Cc4cc(S(=O)N5CCC(N)CC5)ccc4C(F)F)CC3)ccc12. The number of hydrogen-bond acceptors (Lipinski definition) is 6. The number of alkyl halides is 2. The molecule has 46 heavy (non-hydrogen) atoms. The maximum absolute atomic E-state index is 13.8. The second-order valence-electron chi connectivity index (χ2n) is 12.2. The van der Waals surface area contributed by atoms with Crippen LogP contribution in [0, 0.1) is 11.8 Å². The second kappa shape index (κ2) is 15.4. The lowest BCUT2D eigenvalue weighted by Gasteiger charge is -2.31. The van der Waals surface area contributed by atoms with Gasteiger partial charge in [0.2, 0.25) is 5.91 Å². The molecule has 2 atom stereocenters. The molecule has 3 N–H and O–H groups in total. The first-order valence-corrected chi connectivity index (χ1v) is 17.0. The average Bonchev–Trinajstić information content (AvgIpc) is 3.40. The van der Waals surface area contributed by atoms with Gasteiger partial charge in [0.05, 0.1) is 28.6 Å². The van der Waals surface area contributed by atoms with E-state index in [1.807, 2.05) is 17.4 Å². The molecule has 0 aliphatic carbocycles. The molecule has 246 valence electrons. The number of aldehydes is 1. The molecule has 0 radical (unpaired) electrons. The molecular formula is C34H42F2N6O3S. The Kier molecular flexibility index (Phi) is 11.3. The summed E-state index contributed by atoms with van der Waals surface area (Å²) >= 11 is 0. The summed E-state index contributed by atoms with van der Waals surface area (Å²) in [5.74, 6) is 5.84. The van der Waals surface area contributed by atoms with Gasteiger partial charge < -0.3 is 15.8 Å². The number of carbonyl (C=O) groups is 2. The topological polar surface area (TPSA) is 114 Å². The van der Waals surface area contributed by atoms with Gasteiger partial charge in [0.25, 0.3) is 6.43 Å². The molecule has 2 aliphatic rings. The van der Waals surface area contributed by atoms with Crippen molar-refractivity contribution in [2.75, 3.05) is 39.8 Å². The van der Waals surface area contributed by atoms with Gasteiger partial charge in [-0.25, -0.2) is 17.3 Å². The Hall–Kier alpha value is -3.50. The molecule has 3 aromatic rings. The first-order valence-electron chi connectivity index (χ1n) is 15.9. The van der Waals surface area contributed by atoms with Crippen molar-refractivity contribution in [1.29, 1.82) is 0 Å². The van der Waals surface area contributed by atoms with Gasteiger partial charge in [0, 0.05) is 56.2 Å². The predicted octanol–water partition coefficient (Wildman–Crippen LogP) is 4.00. The molecule has 2 unspecified atom stereocenters. The minimum atomic E-state index is -2.67. The fourth-order valence-corrected chi connectivity index (χ4v) is 7.56. The maximum Gasteiger partial charge on any atom is 0.265 e. The van der Waals surface area contributed by atoms with Gasteiger partial charge in [-0.3, -0.25) is 14.4 Å². The molecule has 2 fully saturated rings. The molecule has 0 spiro atoms. The Morgan fingerprint density at radius 2 is 1.87 bits per heavy atom. The van der Waals surface area contributed by atoms with E-state index in [4.69, 9.17) is 5.73 Å². The standard InChI is InChI=1S/C34H42F2N6O3S/c1-38-32(44)10-6-26(22-43)33-30-8-5-24(21-31(30)40(2)39-33)23-11-16-41(17-12-23)15-3-4-25-20-28(7-9-29(25)34(35)36)46(45)42-18-13-27(37)14-19-42/h5,7-9,20-23,26-27,34H,6,10-19,37H2,1-2H3,(H,38,44). The van der Waals surface area contributed by atoms with E-state index in [9.17, 15) is 22.6 Å². The average molecular weight is 653 g/mol. The number of aryl methyl sites for hydroxylation is 1. The van der Waals surface area contributed by atoms with E-state index < -0.39 is 23.3 Å². The molecule has 1 amide bonds. The minimum absolute atomic E-state index is 0.106. The van der Waals surface area contributed by atoms with E-state index in [0.29, 0.717) is 42.6 Å². The zero-order chi connectivity index (χ0) is 32.8. The van der Waals surface area contributed by atoms with Crippen LogP contribution < -0.4 is 11.1 Å². The summed E-state index contributed by atoms with van der Waals surface area (Å²) < 4.78 is 44.3. The van der Waals surface area contributed by atoms with Crippen LogP contribution in [-0.4, -0.2) is 81.2 Å². The largest absolute Gasteiger partial charge is 0.359 e. The number of aromatic nitrogens is 2. The number of nitrogens with two attached hydrogens (primary N) is 1. The maximum atomic E-state index is 13.8. The zero-order valence-corrected chi connectivity index (χ0v) is 27.2. The third-order valence-electron chi connectivity index (χ3n) is 9.16. The monoisotopic (exact) mass is 652 g/mol. The lowest BCUT2D eigenvalue weighted by atomic mass is 9.88. The zero-order valence-electron chi connectivity index (χ0n) is 26.4. The van der Waals surface area contributed by atoms with Crippen LogP contribution in [0.5, 0.6) is 0 Å². The van der Waals surface area contributed by atoms with E-state index in [-0.39, 0.29) is 29.5 Å². The van der Waals surface area contributed by atoms with Crippen LogP contribution in [0.2, 0.25) is 0 Å². The second-order valence-corrected chi connectivity index (χ2v) is 13.6. The van der Waals surface area contributed by atoms with Crippen molar-refractivity contribution in [3.8, 4) is 11.8 Å². The van der Waals surface area contributed by atoms with Crippen molar-refractivity contribution < 1.29 is 22.6 Å². The summed E-state index contributed by atoms with van der Waals surface area (Å²) in [5.41, 5.74) is 8.90. The number of benzene rings is 2. The van der Waals surface area contributed by atoms with Gasteiger partial charge in [0.1, 0.15) is 17.3 Å². The lowest BCUT2D eigenvalue weighted by Crippen LogP contribution is -2.40. The molecule has 9 nitrogen and oxygen atoms in total. The predicted molar refractivity (Wildman–Crippen MR) is 175 cm³/mol. The molecule has 2 aliphatic heterocycles. The molecule has 5 rings (SSSR count). The lowest BCUT2D eigenvalue weighted by molar-refractivity contribution is -0.120. The van der Waals surface area contributed by atoms with Crippen LogP contribution in [0.4, 0.5) is 8.78 Å². The number of carbonyl (C=O) groups excluding carboxylic acids is 2. The minimum Gasteiger partial charge on any atom is -0.359 e. The molecule has 12 heteroatoms. The van der Waals surface area contributed by atoms with E-state index in [0.717, 1.165) is 56.0 Å². The number of rotatable bonds is 10. The van der Waals surface area contributed by atoms with Gasteiger partial charge in [-0.1, -0.05) is 30.0 Å². The molecule has 1 aromatic heterocycles. The molecule has 0 bridgehead atoms. The summed E-state index contributed by atoms with van der Waals surface area (Å²) in [6, 6.07) is 10.8. The van der Waals surface area contributed by atoms with E-state index in [1.165, 1.54) is 17.7 Å². The smallest absolute Gasteiger partial charge is 0.265 e. The summed E-state index contributed by atoms with van der Waals surface area (Å²) in [6.45, 7) is 3.33. The first-order chi connectivity index (χ1) is 22.2. The summed E-state index contributed by atoms with van der Waals surface area (Å²) in [6.07, 6.45) is 2.23. The van der Waals surface area contributed by atoms with Crippen LogP contribution in [0.25, 0.3) is 10.9 Å². The number of nitrogens with one attached hydrogen (secondary N) is 1. The number of nitrogens with zero attached hydrogens (tertiary/aromatic N) is 4. The Balaban J connectivity index is 1.21. The fraction of sp³-hybridized carbons (Fsp3) is 0.500. The quantitative estimate of drug-likeness (QED) is 0.253. The first kappa shape index (κ1) is 33.9. The number of likely N-dealkylation sites (tertiary alicyclic amines) is 1. The van der Waals surface area contributed by atoms with Gasteiger partial charge >= 0.3 is 0 Å². The fourth-order valence-electron chi connectivity index (χ4n) is 6.32. The van der Waals surface area contributed by atoms with Crippen LogP contribution in [0.1, 0.15) is 79.2 Å². The highest BCUT2D eigenvalue weighted by Crippen LogP contribution is 2.33. The number of hydrogen-bond donors (Lipinski definition) is 2. The van der Waals surface area contributed by atoms with Crippen molar-refractivity contribution >= 4 is 34.1 Å². The Labute approximate surface area is 271 Å². The van der Waals surface area contributed by atoms with Crippen LogP contribution in [0.3, 0.4) is 0 Å². The van der Waals surface area contributed by atoms with Crippen LogP contribution in [-0.2, 0) is 27.6 Å². The molecule has 3 heterocycles. The number of halogens is 2. The Morgan fingerprint density at radius 1 is 1.13 bits per heavy atom. The van der Waals surface area contributed by atoms with E-state index >= 15 is 0 Å². The Morgan fingerprint density at radius 3 is 2.54 bits per heavy atom. The Bertz CT molecular complexity index is 1630. The molecule has 0 saturated carbocycles. The number of amides is 1. The third-order valence-corrected chi connectivity index (χ3v) is 10.7. The van der Waals surface area contributed by atoms with E-state index in [1.54, 1.807) is 17.8 Å². The van der Waals surface area contributed by atoms with Gasteiger partial charge in [-0.15, -0.1) is 0 Å². The highest BCUT2D eigenvalue weighted by Gasteiger charge is 2.25. The molecule has 2 saturated heterocycles. The van der Waals surface area contributed by atoms with Crippen LogP contribution in [0.15, 0.2) is 41.3 Å². The third kappa shape index (κ3) is 7.89. The molecule has 2 aromatic carbocycles. The van der Waals surface area contributed by atoms with Crippen molar-refractivity contribution in [3.63, 3.8) is 0 Å². The highest BCUT2D eigenvalue weighted by atomic mass is 32.2. The van der Waals surface area contributed by atoms with E-state index in [2.05, 4.69) is 39.3 Å². The van der Waals surface area contributed by atoms with Crippen molar-refractivity contribution in [1.82, 2.24) is 24.3 Å². The summed E-state index contributed by atoms with van der Waals surface area (Å²) in [4.78, 5) is 26.3. The van der Waals surface area contributed by atoms with Crippen LogP contribution >= 0.6 is 0 Å². The van der Waals surface area contributed by atoms with Gasteiger partial charge in [-0.2, -0.15) is 5.10 Å².